The molecule has 116 valence electrons. The summed E-state index contributed by atoms with van der Waals surface area (Å²) >= 11 is 0. The maximum absolute atomic E-state index is 10.0. The van der Waals surface area contributed by atoms with E-state index in [4.69, 9.17) is 11.2 Å². The van der Waals surface area contributed by atoms with Crippen molar-refractivity contribution in [3.05, 3.63) is 65.7 Å². The Morgan fingerprint density at radius 3 is 2.41 bits per heavy atom. The van der Waals surface area contributed by atoms with E-state index >= 15 is 0 Å². The van der Waals surface area contributed by atoms with Gasteiger partial charge in [-0.1, -0.05) is 48.4 Å². The maximum Gasteiger partial charge on any atom is 0.148 e. The zero-order chi connectivity index (χ0) is 14.9. The molecule has 0 aliphatic carbocycles. The van der Waals surface area contributed by atoms with E-state index in [0.717, 1.165) is 16.9 Å². The number of ether oxygens (including phenoxy) is 1. The van der Waals surface area contributed by atoms with Crippen LogP contribution in [-0.2, 0) is 6.54 Å². The number of nitrogens with one attached hydrogen (secondary N) is 1. The molecule has 0 bridgehead atoms. The first-order chi connectivity index (χ1) is 10.3. The van der Waals surface area contributed by atoms with Crippen molar-refractivity contribution in [3.8, 4) is 18.1 Å². The molecule has 0 aromatic heterocycles. The van der Waals surface area contributed by atoms with Gasteiger partial charge in [0.1, 0.15) is 12.4 Å². The number of rotatable bonds is 7. The van der Waals surface area contributed by atoms with Crippen molar-refractivity contribution in [2.24, 2.45) is 0 Å². The summed E-state index contributed by atoms with van der Waals surface area (Å²) in [5.41, 5.74) is 2.05. The van der Waals surface area contributed by atoms with E-state index in [0.29, 0.717) is 13.1 Å². The lowest BCUT2D eigenvalue weighted by molar-refractivity contribution is 0.174. The summed E-state index contributed by atoms with van der Waals surface area (Å²) in [4.78, 5) is 0. The Labute approximate surface area is 137 Å². The molecule has 22 heavy (non-hydrogen) atoms. The van der Waals surface area contributed by atoms with Crippen molar-refractivity contribution in [1.29, 1.82) is 0 Å². The highest BCUT2D eigenvalue weighted by Crippen LogP contribution is 2.13. The number of aliphatic hydroxyl groups is 1. The molecule has 0 saturated heterocycles. The summed E-state index contributed by atoms with van der Waals surface area (Å²) < 4.78 is 5.31. The molecule has 1 atom stereocenters. The van der Waals surface area contributed by atoms with Crippen molar-refractivity contribution >= 4 is 12.4 Å². The molecule has 0 heterocycles. The van der Waals surface area contributed by atoms with E-state index in [9.17, 15) is 5.11 Å². The third-order valence-corrected chi connectivity index (χ3v) is 3.10. The smallest absolute Gasteiger partial charge is 0.148 e. The second kappa shape index (κ2) is 9.86. The average molecular weight is 318 g/mol. The zero-order valence-corrected chi connectivity index (χ0v) is 13.1. The third kappa shape index (κ3) is 5.79. The molecule has 0 aliphatic rings. The van der Waals surface area contributed by atoms with Crippen LogP contribution in [0, 0.1) is 12.3 Å². The van der Waals surface area contributed by atoms with Gasteiger partial charge in [0.2, 0.25) is 0 Å². The number of aliphatic hydroxyl groups excluding tert-OH is 1. The lowest BCUT2D eigenvalue weighted by Crippen LogP contribution is -2.20. The lowest BCUT2D eigenvalue weighted by atomic mass is 10.1. The van der Waals surface area contributed by atoms with Crippen molar-refractivity contribution in [2.75, 3.05) is 13.2 Å². The lowest BCUT2D eigenvalue weighted by Gasteiger charge is -2.12. The van der Waals surface area contributed by atoms with Crippen LogP contribution in [0.4, 0.5) is 0 Å². The van der Waals surface area contributed by atoms with Gasteiger partial charge in [0, 0.05) is 13.1 Å². The Morgan fingerprint density at radius 1 is 1.09 bits per heavy atom. The zero-order valence-electron chi connectivity index (χ0n) is 12.2. The molecule has 2 aromatic carbocycles. The second-order valence-electron chi connectivity index (χ2n) is 4.69. The third-order valence-electron chi connectivity index (χ3n) is 3.10. The van der Waals surface area contributed by atoms with Crippen molar-refractivity contribution < 1.29 is 9.84 Å². The summed E-state index contributed by atoms with van der Waals surface area (Å²) in [7, 11) is 0. The SMILES string of the molecule is C#CCOc1ccc(CNCC(O)c2ccccc2)cc1.Cl. The Hall–Kier alpha value is -1.99. The Balaban J connectivity index is 0.00000242. The van der Waals surface area contributed by atoms with Gasteiger partial charge in [0.25, 0.3) is 0 Å². The quantitative estimate of drug-likeness (QED) is 0.772. The largest absolute Gasteiger partial charge is 0.481 e. The maximum atomic E-state index is 10.0. The van der Waals surface area contributed by atoms with Crippen LogP contribution in [0.25, 0.3) is 0 Å². The highest BCUT2D eigenvalue weighted by atomic mass is 35.5. The molecule has 0 radical (unpaired) electrons. The van der Waals surface area contributed by atoms with Gasteiger partial charge in [-0.3, -0.25) is 0 Å². The highest BCUT2D eigenvalue weighted by Gasteiger charge is 2.05. The Bertz CT molecular complexity index is 578. The highest BCUT2D eigenvalue weighted by molar-refractivity contribution is 5.85. The Kier molecular flexibility index (Phi) is 8.09. The number of halogens is 1. The van der Waals surface area contributed by atoms with Crippen LogP contribution in [-0.4, -0.2) is 18.3 Å². The molecule has 2 N–H and O–H groups in total. The summed E-state index contributed by atoms with van der Waals surface area (Å²) in [6.45, 7) is 1.49. The molecule has 4 heteroatoms. The molecule has 0 saturated carbocycles. The van der Waals surface area contributed by atoms with Crippen LogP contribution < -0.4 is 10.1 Å². The van der Waals surface area contributed by atoms with Crippen LogP contribution in [0.1, 0.15) is 17.2 Å². The molecule has 2 rings (SSSR count). The molecule has 1 unspecified atom stereocenters. The molecular weight excluding hydrogens is 298 g/mol. The van der Waals surface area contributed by atoms with Crippen molar-refractivity contribution in [1.82, 2.24) is 5.32 Å². The van der Waals surface area contributed by atoms with Crippen molar-refractivity contribution in [3.63, 3.8) is 0 Å². The molecule has 0 fully saturated rings. The van der Waals surface area contributed by atoms with Gasteiger partial charge < -0.3 is 15.2 Å². The van der Waals surface area contributed by atoms with Gasteiger partial charge in [0.05, 0.1) is 6.10 Å². The van der Waals surface area contributed by atoms with Gasteiger partial charge >= 0.3 is 0 Å². The molecule has 0 spiro atoms. The summed E-state index contributed by atoms with van der Waals surface area (Å²) in [6, 6.07) is 17.4. The van der Waals surface area contributed by atoms with Crippen LogP contribution in [0.5, 0.6) is 5.75 Å². The number of hydrogen-bond donors (Lipinski definition) is 2. The van der Waals surface area contributed by atoms with Crippen LogP contribution in [0.2, 0.25) is 0 Å². The summed E-state index contributed by atoms with van der Waals surface area (Å²) in [5, 5.41) is 13.3. The van der Waals surface area contributed by atoms with E-state index in [2.05, 4.69) is 11.2 Å². The number of terminal acetylenes is 1. The minimum absolute atomic E-state index is 0. The second-order valence-corrected chi connectivity index (χ2v) is 4.69. The Morgan fingerprint density at radius 2 is 1.77 bits per heavy atom. The van der Waals surface area contributed by atoms with Gasteiger partial charge in [-0.25, -0.2) is 0 Å². The van der Waals surface area contributed by atoms with E-state index in [1.807, 2.05) is 54.6 Å². The van der Waals surface area contributed by atoms with E-state index in [-0.39, 0.29) is 19.0 Å². The average Bonchev–Trinajstić information content (AvgIpc) is 2.55. The predicted octanol–water partition coefficient (Wildman–Crippen LogP) is 2.94. The van der Waals surface area contributed by atoms with Crippen LogP contribution in [0.15, 0.2) is 54.6 Å². The fourth-order valence-electron chi connectivity index (χ4n) is 1.97. The first kappa shape index (κ1) is 18.1. The normalized spacial score (nSPS) is 11.1. The molecule has 2 aromatic rings. The minimum Gasteiger partial charge on any atom is -0.481 e. The standard InChI is InChI=1S/C18H19NO2.ClH/c1-2-12-21-17-10-8-15(9-11-17)13-19-14-18(20)16-6-4-3-5-7-16;/h1,3-11,18-20H,12-14H2;1H. The van der Waals surface area contributed by atoms with Gasteiger partial charge in [-0.05, 0) is 23.3 Å². The van der Waals surface area contributed by atoms with E-state index in [1.54, 1.807) is 0 Å². The topological polar surface area (TPSA) is 41.5 Å². The monoisotopic (exact) mass is 317 g/mol. The fraction of sp³-hybridized carbons (Fsp3) is 0.222. The molecule has 0 amide bonds. The van der Waals surface area contributed by atoms with E-state index in [1.165, 1.54) is 0 Å². The van der Waals surface area contributed by atoms with E-state index < -0.39 is 6.10 Å². The summed E-state index contributed by atoms with van der Waals surface area (Å²) in [5.74, 6) is 3.20. The first-order valence-corrected chi connectivity index (χ1v) is 6.88. The van der Waals surface area contributed by atoms with Crippen molar-refractivity contribution in [2.45, 2.75) is 12.6 Å². The van der Waals surface area contributed by atoms with Gasteiger partial charge in [-0.2, -0.15) is 0 Å². The van der Waals surface area contributed by atoms with Crippen LogP contribution in [0.3, 0.4) is 0 Å². The molecule has 3 nitrogen and oxygen atoms in total. The minimum atomic E-state index is -0.496. The van der Waals surface area contributed by atoms with Gasteiger partial charge in [0.15, 0.2) is 0 Å². The molecule has 0 aliphatic heterocycles. The number of benzene rings is 2. The predicted molar refractivity (Wildman–Crippen MR) is 91.1 cm³/mol. The number of hydrogen-bond acceptors (Lipinski definition) is 3. The molecular formula is C18H20ClNO2. The van der Waals surface area contributed by atoms with Crippen LogP contribution >= 0.6 is 12.4 Å². The fourth-order valence-corrected chi connectivity index (χ4v) is 1.97. The van der Waals surface area contributed by atoms with Gasteiger partial charge in [-0.15, -0.1) is 18.8 Å². The first-order valence-electron chi connectivity index (χ1n) is 6.88. The summed E-state index contributed by atoms with van der Waals surface area (Å²) in [6.07, 6.45) is 4.64.